The Hall–Kier alpha value is -2.89. The van der Waals surface area contributed by atoms with Gasteiger partial charge in [0.15, 0.2) is 0 Å². The van der Waals surface area contributed by atoms with Gasteiger partial charge in [0.05, 0.1) is 5.69 Å². The molecule has 28 heavy (non-hydrogen) atoms. The smallest absolute Gasteiger partial charge is 0.321 e. The number of alkyl halides is 2. The van der Waals surface area contributed by atoms with Crippen molar-refractivity contribution in [2.75, 3.05) is 18.4 Å². The van der Waals surface area contributed by atoms with E-state index in [4.69, 9.17) is 4.74 Å². The van der Waals surface area contributed by atoms with Crippen molar-refractivity contribution in [3.63, 3.8) is 0 Å². The zero-order valence-corrected chi connectivity index (χ0v) is 15.6. The lowest BCUT2D eigenvalue weighted by atomic mass is 9.88. The number of halogens is 2. The minimum absolute atomic E-state index is 0.142. The van der Waals surface area contributed by atoms with Gasteiger partial charge >= 0.3 is 6.03 Å². The lowest BCUT2D eigenvalue weighted by molar-refractivity contribution is 0.0182. The van der Waals surface area contributed by atoms with E-state index >= 15 is 0 Å². The third-order valence-electron chi connectivity index (χ3n) is 5.34. The highest BCUT2D eigenvalue weighted by molar-refractivity contribution is 5.90. The van der Waals surface area contributed by atoms with E-state index in [9.17, 15) is 13.6 Å². The average Bonchev–Trinajstić information content (AvgIpc) is 2.68. The van der Waals surface area contributed by atoms with Gasteiger partial charge in [0, 0.05) is 44.0 Å². The molecule has 4 nitrogen and oxygen atoms in total. The summed E-state index contributed by atoms with van der Waals surface area (Å²) in [7, 11) is 0. The molecule has 1 fully saturated rings. The number of amides is 2. The van der Waals surface area contributed by atoms with Gasteiger partial charge in [0.2, 0.25) is 0 Å². The molecule has 2 amide bonds. The highest BCUT2D eigenvalue weighted by Crippen LogP contribution is 2.37. The summed E-state index contributed by atoms with van der Waals surface area (Å²) in [5, 5.41) is 2.64. The lowest BCUT2D eigenvalue weighted by Gasteiger charge is -2.41. The van der Waals surface area contributed by atoms with Crippen molar-refractivity contribution in [3.05, 3.63) is 65.7 Å². The number of nitrogens with one attached hydrogen (secondary N) is 1. The summed E-state index contributed by atoms with van der Waals surface area (Å²) in [5.74, 6) is -2.17. The predicted octanol–water partition coefficient (Wildman–Crippen LogP) is 5.27. The normalized spacial score (nSPS) is 17.8. The number of fused-ring (bicyclic) bond motifs is 1. The van der Waals surface area contributed by atoms with E-state index in [0.717, 1.165) is 18.2 Å². The maximum absolute atomic E-state index is 13.8. The topological polar surface area (TPSA) is 41.6 Å². The van der Waals surface area contributed by atoms with Crippen molar-refractivity contribution in [2.45, 2.75) is 31.3 Å². The first-order valence-electron chi connectivity index (χ1n) is 9.37. The minimum Gasteiger partial charge on any atom is -0.482 e. The molecule has 0 aliphatic carbocycles. The molecule has 2 aromatic rings. The van der Waals surface area contributed by atoms with Crippen LogP contribution in [0.4, 0.5) is 19.3 Å². The second-order valence-electron chi connectivity index (χ2n) is 7.39. The Bertz CT molecular complexity index is 913. The molecule has 1 spiro atoms. The van der Waals surface area contributed by atoms with Crippen molar-refractivity contribution in [1.29, 1.82) is 0 Å². The monoisotopic (exact) mass is 384 g/mol. The van der Waals surface area contributed by atoms with Crippen LogP contribution in [0, 0.1) is 0 Å². The van der Waals surface area contributed by atoms with Crippen LogP contribution in [0.15, 0.2) is 54.6 Å². The lowest BCUT2D eigenvalue weighted by Crippen LogP contribution is -2.50. The molecule has 0 unspecified atom stereocenters. The second kappa shape index (κ2) is 6.93. The summed E-state index contributed by atoms with van der Waals surface area (Å²) in [6.07, 6.45) is 5.43. The van der Waals surface area contributed by atoms with E-state index in [-0.39, 0.29) is 17.3 Å². The molecule has 1 N–H and O–H groups in total. The van der Waals surface area contributed by atoms with Crippen LogP contribution >= 0.6 is 0 Å². The molecule has 2 heterocycles. The standard InChI is InChI=1S/C22H22F2N2O2/c1-21(23,24)17-7-3-4-8-18(17)25-20(27)26-14-12-22(13-15-26)11-10-16-6-2-5-9-19(16)28-22/h2-11H,12-15H2,1H3,(H,25,27). The van der Waals surface area contributed by atoms with Gasteiger partial charge in [-0.05, 0) is 18.2 Å². The molecule has 0 saturated carbocycles. The van der Waals surface area contributed by atoms with E-state index in [0.29, 0.717) is 25.9 Å². The fourth-order valence-electron chi connectivity index (χ4n) is 3.73. The van der Waals surface area contributed by atoms with E-state index in [2.05, 4.69) is 17.5 Å². The van der Waals surface area contributed by atoms with Gasteiger partial charge in [-0.15, -0.1) is 0 Å². The molecule has 4 rings (SSSR count). The molecule has 0 atom stereocenters. The molecule has 2 aliphatic heterocycles. The third kappa shape index (κ3) is 3.59. The highest BCUT2D eigenvalue weighted by Gasteiger charge is 2.38. The van der Waals surface area contributed by atoms with Crippen LogP contribution < -0.4 is 10.1 Å². The molecule has 0 bridgehead atoms. The number of carbonyl (C=O) groups is 1. The summed E-state index contributed by atoms with van der Waals surface area (Å²) >= 11 is 0. The van der Waals surface area contributed by atoms with Crippen molar-refractivity contribution < 1.29 is 18.3 Å². The number of hydrogen-bond donors (Lipinski definition) is 1. The van der Waals surface area contributed by atoms with Crippen molar-refractivity contribution in [2.24, 2.45) is 0 Å². The van der Waals surface area contributed by atoms with Crippen molar-refractivity contribution >= 4 is 17.8 Å². The van der Waals surface area contributed by atoms with Gasteiger partial charge in [-0.3, -0.25) is 0 Å². The quantitative estimate of drug-likeness (QED) is 0.766. The van der Waals surface area contributed by atoms with E-state index in [1.165, 1.54) is 18.2 Å². The number of benzene rings is 2. The van der Waals surface area contributed by atoms with Gasteiger partial charge in [-0.25, -0.2) is 13.6 Å². The molecular weight excluding hydrogens is 362 g/mol. The fraction of sp³-hybridized carbons (Fsp3) is 0.318. The Kier molecular flexibility index (Phi) is 4.57. The maximum atomic E-state index is 13.8. The average molecular weight is 384 g/mol. The van der Waals surface area contributed by atoms with Crippen LogP contribution in [0.5, 0.6) is 5.75 Å². The van der Waals surface area contributed by atoms with Crippen LogP contribution in [0.25, 0.3) is 6.08 Å². The summed E-state index contributed by atoms with van der Waals surface area (Å²) < 4.78 is 33.8. The highest BCUT2D eigenvalue weighted by atomic mass is 19.3. The number of anilines is 1. The van der Waals surface area contributed by atoms with Crippen LogP contribution in [0.1, 0.15) is 30.9 Å². The number of ether oxygens (including phenoxy) is 1. The van der Waals surface area contributed by atoms with Crippen LogP contribution in [0.2, 0.25) is 0 Å². The first-order valence-corrected chi connectivity index (χ1v) is 9.37. The molecule has 2 aromatic carbocycles. The van der Waals surface area contributed by atoms with E-state index < -0.39 is 11.5 Å². The largest absolute Gasteiger partial charge is 0.482 e. The first-order chi connectivity index (χ1) is 13.4. The molecule has 1 saturated heterocycles. The minimum atomic E-state index is -3.02. The summed E-state index contributed by atoms with van der Waals surface area (Å²) in [5.41, 5.74) is 0.583. The Balaban J connectivity index is 1.42. The summed E-state index contributed by atoms with van der Waals surface area (Å²) in [6, 6.07) is 13.5. The number of carbonyl (C=O) groups excluding carboxylic acids is 1. The SMILES string of the molecule is CC(F)(F)c1ccccc1NC(=O)N1CCC2(C=Cc3ccccc3O2)CC1. The Labute approximate surface area is 162 Å². The Morgan fingerprint density at radius 3 is 2.54 bits per heavy atom. The Morgan fingerprint density at radius 2 is 1.79 bits per heavy atom. The third-order valence-corrected chi connectivity index (χ3v) is 5.34. The van der Waals surface area contributed by atoms with Gasteiger partial charge in [0.1, 0.15) is 11.4 Å². The molecule has 0 radical (unpaired) electrons. The zero-order valence-electron chi connectivity index (χ0n) is 15.6. The number of urea groups is 1. The number of para-hydroxylation sites is 2. The van der Waals surface area contributed by atoms with Crippen LogP contribution in [-0.4, -0.2) is 29.6 Å². The van der Waals surface area contributed by atoms with Crippen molar-refractivity contribution in [1.82, 2.24) is 4.90 Å². The fourth-order valence-corrected chi connectivity index (χ4v) is 3.73. The summed E-state index contributed by atoms with van der Waals surface area (Å²) in [4.78, 5) is 14.3. The van der Waals surface area contributed by atoms with Gasteiger partial charge in [-0.2, -0.15) is 0 Å². The number of likely N-dealkylation sites (tertiary alicyclic amines) is 1. The summed E-state index contributed by atoms with van der Waals surface area (Å²) in [6.45, 7) is 1.80. The first kappa shape index (κ1) is 18.5. The predicted molar refractivity (Wildman–Crippen MR) is 105 cm³/mol. The van der Waals surface area contributed by atoms with Crippen LogP contribution in [-0.2, 0) is 5.92 Å². The molecule has 0 aromatic heterocycles. The molecule has 146 valence electrons. The molecule has 6 heteroatoms. The van der Waals surface area contributed by atoms with Gasteiger partial charge < -0.3 is 15.0 Å². The zero-order chi connectivity index (χ0) is 19.8. The number of piperidine rings is 1. The maximum Gasteiger partial charge on any atom is 0.321 e. The van der Waals surface area contributed by atoms with Crippen molar-refractivity contribution in [3.8, 4) is 5.75 Å². The number of hydrogen-bond acceptors (Lipinski definition) is 2. The van der Waals surface area contributed by atoms with Gasteiger partial charge in [0.25, 0.3) is 5.92 Å². The van der Waals surface area contributed by atoms with E-state index in [1.54, 1.807) is 11.0 Å². The molecular formula is C22H22F2N2O2. The second-order valence-corrected chi connectivity index (χ2v) is 7.39. The molecule has 2 aliphatic rings. The van der Waals surface area contributed by atoms with E-state index in [1.807, 2.05) is 24.3 Å². The van der Waals surface area contributed by atoms with Crippen LogP contribution in [0.3, 0.4) is 0 Å². The number of rotatable bonds is 2. The van der Waals surface area contributed by atoms with Gasteiger partial charge in [-0.1, -0.05) is 42.5 Å². The Morgan fingerprint density at radius 1 is 1.11 bits per heavy atom. The number of nitrogens with zero attached hydrogens (tertiary/aromatic N) is 1.